The minimum absolute atomic E-state index is 0.0388. The first-order chi connectivity index (χ1) is 8.67. The van der Waals surface area contributed by atoms with Crippen LogP contribution in [-0.2, 0) is 16.0 Å². The summed E-state index contributed by atoms with van der Waals surface area (Å²) in [7, 11) is 0. The van der Waals surface area contributed by atoms with E-state index in [0.29, 0.717) is 25.1 Å². The van der Waals surface area contributed by atoms with Crippen molar-refractivity contribution >= 4 is 23.5 Å². The lowest BCUT2D eigenvalue weighted by molar-refractivity contribution is -0.118. The van der Waals surface area contributed by atoms with Gasteiger partial charge < -0.3 is 10.1 Å². The van der Waals surface area contributed by atoms with E-state index in [9.17, 15) is 9.59 Å². The Morgan fingerprint density at radius 3 is 2.83 bits per heavy atom. The fraction of sp³-hybridized carbons (Fsp3) is 0.385. The monoisotopic (exact) mass is 269 g/mol. The third-order valence-corrected chi connectivity index (χ3v) is 2.54. The number of amides is 1. The first-order valence-electron chi connectivity index (χ1n) is 5.76. The van der Waals surface area contributed by atoms with Crippen LogP contribution in [0.4, 0.5) is 0 Å². The van der Waals surface area contributed by atoms with Crippen LogP contribution in [0, 0.1) is 0 Å². The van der Waals surface area contributed by atoms with Crippen LogP contribution < -0.4 is 5.32 Å². The molecule has 0 aliphatic rings. The molecule has 0 radical (unpaired) electrons. The lowest BCUT2D eigenvalue weighted by Gasteiger charge is -2.06. The molecular weight excluding hydrogens is 254 g/mol. The number of carbonyl (C=O) groups excluding carboxylic acids is 2. The summed E-state index contributed by atoms with van der Waals surface area (Å²) in [5, 5.41) is 2.67. The van der Waals surface area contributed by atoms with Crippen LogP contribution in [-0.4, -0.2) is 30.9 Å². The van der Waals surface area contributed by atoms with Crippen molar-refractivity contribution in [2.24, 2.45) is 0 Å². The van der Waals surface area contributed by atoms with Crippen molar-refractivity contribution in [2.45, 2.75) is 13.3 Å². The highest BCUT2D eigenvalue weighted by atomic mass is 35.5. The number of rotatable bonds is 6. The minimum Gasteiger partial charge on any atom is -0.462 e. The van der Waals surface area contributed by atoms with Crippen molar-refractivity contribution in [1.29, 1.82) is 0 Å². The number of ether oxygens (including phenoxy) is 1. The van der Waals surface area contributed by atoms with E-state index < -0.39 is 0 Å². The van der Waals surface area contributed by atoms with Gasteiger partial charge in [-0.05, 0) is 31.0 Å². The molecule has 5 heteroatoms. The molecule has 18 heavy (non-hydrogen) atoms. The van der Waals surface area contributed by atoms with Gasteiger partial charge in [-0.25, -0.2) is 4.79 Å². The first-order valence-corrected chi connectivity index (χ1v) is 6.29. The normalized spacial score (nSPS) is 9.89. The highest BCUT2D eigenvalue weighted by Crippen LogP contribution is 2.07. The van der Waals surface area contributed by atoms with Gasteiger partial charge in [-0.15, -0.1) is 11.6 Å². The first kappa shape index (κ1) is 14.5. The van der Waals surface area contributed by atoms with Crippen molar-refractivity contribution in [3.63, 3.8) is 0 Å². The van der Waals surface area contributed by atoms with Crippen molar-refractivity contribution in [2.75, 3.05) is 19.0 Å². The summed E-state index contributed by atoms with van der Waals surface area (Å²) >= 11 is 5.36. The molecule has 0 saturated heterocycles. The predicted molar refractivity (Wildman–Crippen MR) is 69.8 cm³/mol. The standard InChI is InChI=1S/C13H16ClNO3/c1-2-18-13(17)11-5-3-4-10(8-11)6-7-15-12(16)9-14/h3-5,8H,2,6-7,9H2,1H3,(H,15,16). The van der Waals surface area contributed by atoms with Gasteiger partial charge in [-0.3, -0.25) is 4.79 Å². The van der Waals surface area contributed by atoms with Gasteiger partial charge in [0.1, 0.15) is 5.88 Å². The van der Waals surface area contributed by atoms with Crippen LogP contribution in [0.15, 0.2) is 24.3 Å². The van der Waals surface area contributed by atoms with Gasteiger partial charge >= 0.3 is 5.97 Å². The summed E-state index contributed by atoms with van der Waals surface area (Å²) in [6.07, 6.45) is 0.649. The molecule has 1 aromatic carbocycles. The molecule has 0 spiro atoms. The van der Waals surface area contributed by atoms with Gasteiger partial charge in [-0.2, -0.15) is 0 Å². The maximum Gasteiger partial charge on any atom is 0.338 e. The SMILES string of the molecule is CCOC(=O)c1cccc(CCNC(=O)CCl)c1. The Labute approximate surface area is 111 Å². The molecule has 0 aliphatic heterocycles. The largest absolute Gasteiger partial charge is 0.462 e. The van der Waals surface area contributed by atoms with Gasteiger partial charge in [0.2, 0.25) is 5.91 Å². The molecule has 1 aromatic rings. The number of hydrogen-bond donors (Lipinski definition) is 1. The van der Waals surface area contributed by atoms with Crippen molar-refractivity contribution in [1.82, 2.24) is 5.32 Å². The molecule has 0 aliphatic carbocycles. The molecule has 0 bridgehead atoms. The van der Waals surface area contributed by atoms with Gasteiger partial charge in [0.15, 0.2) is 0 Å². The zero-order valence-corrected chi connectivity index (χ0v) is 11.0. The van der Waals surface area contributed by atoms with E-state index in [2.05, 4.69) is 5.32 Å². The Bertz CT molecular complexity index is 420. The molecule has 1 rings (SSSR count). The summed E-state index contributed by atoms with van der Waals surface area (Å²) < 4.78 is 4.92. The average molecular weight is 270 g/mol. The van der Waals surface area contributed by atoms with Crippen molar-refractivity contribution in [3.8, 4) is 0 Å². The molecule has 0 saturated carbocycles. The maximum atomic E-state index is 11.5. The highest BCUT2D eigenvalue weighted by molar-refractivity contribution is 6.27. The van der Waals surface area contributed by atoms with Gasteiger partial charge in [-0.1, -0.05) is 12.1 Å². The summed E-state index contributed by atoms with van der Waals surface area (Å²) in [4.78, 5) is 22.5. The number of halogens is 1. The molecule has 0 unspecified atom stereocenters. The topological polar surface area (TPSA) is 55.4 Å². The van der Waals surface area contributed by atoms with Crippen LogP contribution in [0.25, 0.3) is 0 Å². The van der Waals surface area contributed by atoms with Gasteiger partial charge in [0.05, 0.1) is 12.2 Å². The lowest BCUT2D eigenvalue weighted by atomic mass is 10.1. The third-order valence-electron chi connectivity index (χ3n) is 2.30. The zero-order chi connectivity index (χ0) is 13.4. The van der Waals surface area contributed by atoms with E-state index in [1.165, 1.54) is 0 Å². The number of esters is 1. The summed E-state index contributed by atoms with van der Waals surface area (Å²) in [5.41, 5.74) is 1.49. The molecule has 1 amide bonds. The van der Waals surface area contributed by atoms with Crippen molar-refractivity contribution < 1.29 is 14.3 Å². The Morgan fingerprint density at radius 1 is 1.39 bits per heavy atom. The number of alkyl halides is 1. The van der Waals surface area contributed by atoms with Crippen LogP contribution >= 0.6 is 11.6 Å². The quantitative estimate of drug-likeness (QED) is 0.632. The molecule has 0 heterocycles. The fourth-order valence-corrected chi connectivity index (χ4v) is 1.56. The zero-order valence-electron chi connectivity index (χ0n) is 10.2. The number of hydrogen-bond acceptors (Lipinski definition) is 3. The number of carbonyl (C=O) groups is 2. The van der Waals surface area contributed by atoms with E-state index in [4.69, 9.17) is 16.3 Å². The Kier molecular flexibility index (Phi) is 6.22. The lowest BCUT2D eigenvalue weighted by Crippen LogP contribution is -2.26. The smallest absolute Gasteiger partial charge is 0.338 e. The predicted octanol–water partition coefficient (Wildman–Crippen LogP) is 1.76. The fourth-order valence-electron chi connectivity index (χ4n) is 1.46. The molecular formula is C13H16ClNO3. The van der Waals surface area contributed by atoms with Crippen LogP contribution in [0.2, 0.25) is 0 Å². The molecule has 0 atom stereocenters. The number of nitrogens with one attached hydrogen (secondary N) is 1. The highest BCUT2D eigenvalue weighted by Gasteiger charge is 2.06. The molecule has 98 valence electrons. The summed E-state index contributed by atoms with van der Waals surface area (Å²) in [6, 6.07) is 7.17. The maximum absolute atomic E-state index is 11.5. The molecule has 1 N–H and O–H groups in total. The Balaban J connectivity index is 2.54. The van der Waals surface area contributed by atoms with E-state index >= 15 is 0 Å². The van der Waals surface area contributed by atoms with Gasteiger partial charge in [0, 0.05) is 6.54 Å². The van der Waals surface area contributed by atoms with Crippen LogP contribution in [0.3, 0.4) is 0 Å². The second-order valence-electron chi connectivity index (χ2n) is 3.65. The minimum atomic E-state index is -0.329. The summed E-state index contributed by atoms with van der Waals surface area (Å²) in [6.45, 7) is 2.62. The molecule has 0 fully saturated rings. The van der Waals surface area contributed by atoms with E-state index in [1.54, 1.807) is 25.1 Å². The van der Waals surface area contributed by atoms with E-state index in [-0.39, 0.29) is 17.8 Å². The second kappa shape index (κ2) is 7.71. The molecule has 4 nitrogen and oxygen atoms in total. The van der Waals surface area contributed by atoms with Gasteiger partial charge in [0.25, 0.3) is 0 Å². The van der Waals surface area contributed by atoms with Crippen LogP contribution in [0.1, 0.15) is 22.8 Å². The van der Waals surface area contributed by atoms with E-state index in [0.717, 1.165) is 5.56 Å². The third kappa shape index (κ3) is 4.75. The Hall–Kier alpha value is -1.55. The van der Waals surface area contributed by atoms with Crippen LogP contribution in [0.5, 0.6) is 0 Å². The second-order valence-corrected chi connectivity index (χ2v) is 3.92. The average Bonchev–Trinajstić information content (AvgIpc) is 2.39. The number of benzene rings is 1. The Morgan fingerprint density at radius 2 is 2.17 bits per heavy atom. The molecule has 0 aromatic heterocycles. The van der Waals surface area contributed by atoms with E-state index in [1.807, 2.05) is 6.07 Å². The summed E-state index contributed by atoms with van der Waals surface area (Å²) in [5.74, 6) is -0.564. The van der Waals surface area contributed by atoms with Crippen molar-refractivity contribution in [3.05, 3.63) is 35.4 Å².